The molecule has 1 aromatic rings. The molecule has 0 amide bonds. The third-order valence-electron chi connectivity index (χ3n) is 2.68. The highest BCUT2D eigenvalue weighted by Crippen LogP contribution is 2.14. The quantitative estimate of drug-likeness (QED) is 0.668. The Morgan fingerprint density at radius 3 is 2.56 bits per heavy atom. The molecule has 0 fully saturated rings. The van der Waals surface area contributed by atoms with Gasteiger partial charge in [-0.3, -0.25) is 4.68 Å². The number of aromatic nitrogens is 2. The number of hydrogen-bond acceptors (Lipinski definition) is 3. The second kappa shape index (κ2) is 7.14. The van der Waals surface area contributed by atoms with Gasteiger partial charge in [0.25, 0.3) is 0 Å². The second-order valence-corrected chi connectivity index (χ2v) is 4.30. The van der Waals surface area contributed by atoms with Crippen molar-refractivity contribution in [2.45, 2.75) is 45.4 Å². The van der Waals surface area contributed by atoms with Crippen LogP contribution in [0.5, 0.6) is 0 Å². The van der Waals surface area contributed by atoms with Crippen molar-refractivity contribution >= 4 is 11.5 Å². The molecule has 1 heterocycles. The van der Waals surface area contributed by atoms with Crippen LogP contribution in [0.15, 0.2) is 6.20 Å². The minimum Gasteiger partial charge on any atom is -0.394 e. The van der Waals surface area contributed by atoms with Crippen LogP contribution in [0.4, 0.5) is 11.5 Å². The van der Waals surface area contributed by atoms with E-state index in [1.807, 2.05) is 13.2 Å². The lowest BCUT2D eigenvalue weighted by Gasteiger charge is -2.03. The van der Waals surface area contributed by atoms with Gasteiger partial charge >= 0.3 is 0 Å². The fourth-order valence-electron chi connectivity index (χ4n) is 1.76. The molecule has 1 aromatic heterocycles. The predicted octanol–water partition coefficient (Wildman–Crippen LogP) is 2.77. The number of nitrogens with one attached hydrogen (secondary N) is 1. The summed E-state index contributed by atoms with van der Waals surface area (Å²) in [7, 11) is 1.88. The lowest BCUT2D eigenvalue weighted by molar-refractivity contribution is 0.616. The van der Waals surface area contributed by atoms with E-state index in [0.29, 0.717) is 0 Å². The number of nitrogens with two attached hydrogens (primary N) is 1. The van der Waals surface area contributed by atoms with E-state index in [2.05, 4.69) is 17.3 Å². The number of nitrogens with zero attached hydrogens (tertiary/aromatic N) is 2. The van der Waals surface area contributed by atoms with E-state index in [1.165, 1.54) is 38.5 Å². The molecule has 0 aromatic carbocycles. The maximum atomic E-state index is 5.78. The Kier molecular flexibility index (Phi) is 5.75. The van der Waals surface area contributed by atoms with E-state index in [1.54, 1.807) is 4.68 Å². The molecule has 0 aliphatic rings. The van der Waals surface area contributed by atoms with Crippen LogP contribution in [-0.2, 0) is 7.05 Å². The predicted molar refractivity (Wildman–Crippen MR) is 69.5 cm³/mol. The lowest BCUT2D eigenvalue weighted by Crippen LogP contribution is -2.04. The first-order valence-corrected chi connectivity index (χ1v) is 6.27. The molecule has 0 saturated heterocycles. The van der Waals surface area contributed by atoms with Crippen molar-refractivity contribution in [3.63, 3.8) is 0 Å². The van der Waals surface area contributed by atoms with Crippen LogP contribution < -0.4 is 11.1 Å². The van der Waals surface area contributed by atoms with Crippen molar-refractivity contribution < 1.29 is 0 Å². The summed E-state index contributed by atoms with van der Waals surface area (Å²) in [6.45, 7) is 3.21. The lowest BCUT2D eigenvalue weighted by atomic mass is 10.1. The molecule has 0 atom stereocenters. The van der Waals surface area contributed by atoms with E-state index < -0.39 is 0 Å². The Balaban J connectivity index is 2.05. The molecule has 0 aliphatic heterocycles. The largest absolute Gasteiger partial charge is 0.394 e. The SMILES string of the molecule is CCCCCCCCNc1nn(C)cc1N. The van der Waals surface area contributed by atoms with Gasteiger partial charge in [-0.15, -0.1) is 0 Å². The van der Waals surface area contributed by atoms with Crippen LogP contribution in [0.2, 0.25) is 0 Å². The molecule has 0 saturated carbocycles. The molecule has 16 heavy (non-hydrogen) atoms. The van der Waals surface area contributed by atoms with Crippen LogP contribution >= 0.6 is 0 Å². The number of rotatable bonds is 8. The molecular weight excluding hydrogens is 200 g/mol. The van der Waals surface area contributed by atoms with E-state index in [4.69, 9.17) is 5.73 Å². The van der Waals surface area contributed by atoms with Gasteiger partial charge in [0.05, 0.1) is 5.69 Å². The van der Waals surface area contributed by atoms with Gasteiger partial charge in [0, 0.05) is 19.8 Å². The Morgan fingerprint density at radius 2 is 1.94 bits per heavy atom. The fraction of sp³-hybridized carbons (Fsp3) is 0.750. The van der Waals surface area contributed by atoms with Crippen LogP contribution in [0, 0.1) is 0 Å². The fourth-order valence-corrected chi connectivity index (χ4v) is 1.76. The number of anilines is 2. The standard InChI is InChI=1S/C12H24N4/c1-3-4-5-6-7-8-9-14-12-11(13)10-16(2)15-12/h10H,3-9,13H2,1-2H3,(H,14,15). The first kappa shape index (κ1) is 12.9. The number of aryl methyl sites for hydroxylation is 1. The number of hydrogen-bond donors (Lipinski definition) is 2. The molecule has 4 nitrogen and oxygen atoms in total. The second-order valence-electron chi connectivity index (χ2n) is 4.30. The van der Waals surface area contributed by atoms with Crippen molar-refractivity contribution in [3.05, 3.63) is 6.20 Å². The van der Waals surface area contributed by atoms with Crippen molar-refractivity contribution in [2.24, 2.45) is 7.05 Å². The average molecular weight is 224 g/mol. The summed E-state index contributed by atoms with van der Waals surface area (Å²) in [5.74, 6) is 0.816. The molecule has 0 bridgehead atoms. The summed E-state index contributed by atoms with van der Waals surface area (Å²) in [6.07, 6.45) is 9.68. The van der Waals surface area contributed by atoms with Gasteiger partial charge in [0.1, 0.15) is 0 Å². The summed E-state index contributed by atoms with van der Waals surface area (Å²) in [5, 5.41) is 7.51. The van der Waals surface area contributed by atoms with Gasteiger partial charge in [0.2, 0.25) is 0 Å². The average Bonchev–Trinajstić information content (AvgIpc) is 2.56. The summed E-state index contributed by atoms with van der Waals surface area (Å²) in [4.78, 5) is 0. The topological polar surface area (TPSA) is 55.9 Å². The van der Waals surface area contributed by atoms with Crippen molar-refractivity contribution in [2.75, 3.05) is 17.6 Å². The van der Waals surface area contributed by atoms with Crippen molar-refractivity contribution in [1.29, 1.82) is 0 Å². The van der Waals surface area contributed by atoms with Crippen LogP contribution in [-0.4, -0.2) is 16.3 Å². The molecular formula is C12H24N4. The summed E-state index contributed by atoms with van der Waals surface area (Å²) in [5.41, 5.74) is 6.51. The molecule has 1 rings (SSSR count). The number of unbranched alkanes of at least 4 members (excludes halogenated alkanes) is 5. The highest BCUT2D eigenvalue weighted by atomic mass is 15.3. The van der Waals surface area contributed by atoms with E-state index in [-0.39, 0.29) is 0 Å². The van der Waals surface area contributed by atoms with Gasteiger partial charge in [-0.05, 0) is 6.42 Å². The van der Waals surface area contributed by atoms with Gasteiger partial charge in [-0.1, -0.05) is 39.0 Å². The van der Waals surface area contributed by atoms with E-state index in [9.17, 15) is 0 Å². The maximum Gasteiger partial charge on any atom is 0.171 e. The highest BCUT2D eigenvalue weighted by Gasteiger charge is 2.01. The summed E-state index contributed by atoms with van der Waals surface area (Å²) in [6, 6.07) is 0. The van der Waals surface area contributed by atoms with Gasteiger partial charge in [-0.25, -0.2) is 0 Å². The zero-order valence-corrected chi connectivity index (χ0v) is 10.5. The molecule has 0 unspecified atom stereocenters. The molecule has 92 valence electrons. The van der Waals surface area contributed by atoms with E-state index >= 15 is 0 Å². The molecule has 0 spiro atoms. The normalized spacial score (nSPS) is 10.6. The Bertz CT molecular complexity index is 293. The maximum absolute atomic E-state index is 5.78. The zero-order chi connectivity index (χ0) is 11.8. The Labute approximate surface area is 98.2 Å². The minimum atomic E-state index is 0.730. The smallest absolute Gasteiger partial charge is 0.171 e. The third-order valence-corrected chi connectivity index (χ3v) is 2.68. The van der Waals surface area contributed by atoms with Gasteiger partial charge in [-0.2, -0.15) is 5.10 Å². The van der Waals surface area contributed by atoms with Gasteiger partial charge < -0.3 is 11.1 Å². The first-order valence-electron chi connectivity index (χ1n) is 6.27. The third kappa shape index (κ3) is 4.55. The first-order chi connectivity index (χ1) is 7.74. The summed E-state index contributed by atoms with van der Waals surface area (Å²) >= 11 is 0. The molecule has 0 radical (unpaired) electrons. The van der Waals surface area contributed by atoms with Crippen LogP contribution in [0.25, 0.3) is 0 Å². The molecule has 4 heteroatoms. The van der Waals surface area contributed by atoms with Gasteiger partial charge in [0.15, 0.2) is 5.82 Å². The summed E-state index contributed by atoms with van der Waals surface area (Å²) < 4.78 is 1.74. The monoisotopic (exact) mass is 224 g/mol. The Hall–Kier alpha value is -1.19. The molecule has 0 aliphatic carbocycles. The minimum absolute atomic E-state index is 0.730. The van der Waals surface area contributed by atoms with E-state index in [0.717, 1.165) is 18.1 Å². The Morgan fingerprint density at radius 1 is 1.25 bits per heavy atom. The number of nitrogen functional groups attached to an aromatic ring is 1. The van der Waals surface area contributed by atoms with Crippen molar-refractivity contribution in [3.8, 4) is 0 Å². The zero-order valence-electron chi connectivity index (χ0n) is 10.5. The van der Waals surface area contributed by atoms with Crippen LogP contribution in [0.3, 0.4) is 0 Å². The van der Waals surface area contributed by atoms with Crippen molar-refractivity contribution in [1.82, 2.24) is 9.78 Å². The van der Waals surface area contributed by atoms with Crippen LogP contribution in [0.1, 0.15) is 45.4 Å². The molecule has 3 N–H and O–H groups in total. The highest BCUT2D eigenvalue weighted by molar-refractivity contribution is 5.59.